The van der Waals surface area contributed by atoms with E-state index in [0.717, 1.165) is 17.9 Å². The molecule has 1 saturated heterocycles. The Labute approximate surface area is 105 Å². The highest BCUT2D eigenvalue weighted by Gasteiger charge is 2.28. The standard InChI is InChI=1S/C11H9BrF2OS/c12-7-3-8(13)10(9(14)4-7)11(15)6-1-2-16-5-6/h3-4,6H,1-2,5H2. The Morgan fingerprint density at radius 1 is 1.38 bits per heavy atom. The molecule has 1 atom stereocenters. The second kappa shape index (κ2) is 4.84. The molecule has 1 aliphatic rings. The van der Waals surface area contributed by atoms with Gasteiger partial charge in [0.25, 0.3) is 0 Å². The summed E-state index contributed by atoms with van der Waals surface area (Å²) >= 11 is 4.63. The van der Waals surface area contributed by atoms with E-state index >= 15 is 0 Å². The predicted molar refractivity (Wildman–Crippen MR) is 63.8 cm³/mol. The van der Waals surface area contributed by atoms with Crippen LogP contribution in [0.1, 0.15) is 16.8 Å². The molecule has 0 saturated carbocycles. The third-order valence-electron chi connectivity index (χ3n) is 2.55. The molecule has 86 valence electrons. The van der Waals surface area contributed by atoms with Gasteiger partial charge in [-0.15, -0.1) is 0 Å². The molecule has 1 aromatic rings. The Bertz CT molecular complexity index is 407. The van der Waals surface area contributed by atoms with Crippen LogP contribution in [0.3, 0.4) is 0 Å². The molecule has 16 heavy (non-hydrogen) atoms. The number of benzene rings is 1. The molecule has 1 unspecified atom stereocenters. The molecule has 0 bridgehead atoms. The molecular weight excluding hydrogens is 298 g/mol. The van der Waals surface area contributed by atoms with E-state index in [1.165, 1.54) is 0 Å². The van der Waals surface area contributed by atoms with Crippen LogP contribution >= 0.6 is 27.7 Å². The van der Waals surface area contributed by atoms with Gasteiger partial charge >= 0.3 is 0 Å². The summed E-state index contributed by atoms with van der Waals surface area (Å²) in [6, 6.07) is 2.25. The van der Waals surface area contributed by atoms with Gasteiger partial charge < -0.3 is 0 Å². The molecule has 5 heteroatoms. The van der Waals surface area contributed by atoms with Gasteiger partial charge in [-0.1, -0.05) is 15.9 Å². The molecule has 0 aromatic heterocycles. The van der Waals surface area contributed by atoms with Gasteiger partial charge in [0.15, 0.2) is 5.78 Å². The normalized spacial score (nSPS) is 20.1. The van der Waals surface area contributed by atoms with E-state index in [1.807, 2.05) is 0 Å². The van der Waals surface area contributed by atoms with Gasteiger partial charge in [-0.3, -0.25) is 4.79 Å². The first-order valence-electron chi connectivity index (χ1n) is 4.86. The molecule has 1 nitrogen and oxygen atoms in total. The van der Waals surface area contributed by atoms with Crippen molar-refractivity contribution >= 4 is 33.5 Å². The van der Waals surface area contributed by atoms with E-state index in [1.54, 1.807) is 11.8 Å². The Kier molecular flexibility index (Phi) is 3.64. The van der Waals surface area contributed by atoms with Gasteiger partial charge in [0.05, 0.1) is 5.56 Å². The lowest BCUT2D eigenvalue weighted by atomic mass is 9.96. The maximum absolute atomic E-state index is 13.5. The summed E-state index contributed by atoms with van der Waals surface area (Å²) in [4.78, 5) is 11.9. The minimum atomic E-state index is -0.784. The maximum atomic E-state index is 13.5. The van der Waals surface area contributed by atoms with Gasteiger partial charge in [0, 0.05) is 16.1 Å². The smallest absolute Gasteiger partial charge is 0.172 e. The Morgan fingerprint density at radius 2 is 2.00 bits per heavy atom. The van der Waals surface area contributed by atoms with Crippen LogP contribution in [-0.2, 0) is 0 Å². The van der Waals surface area contributed by atoms with Crippen molar-refractivity contribution in [2.45, 2.75) is 6.42 Å². The third kappa shape index (κ3) is 2.30. The molecule has 0 radical (unpaired) electrons. The summed E-state index contributed by atoms with van der Waals surface area (Å²) in [7, 11) is 0. The lowest BCUT2D eigenvalue weighted by molar-refractivity contribution is 0.0925. The number of hydrogen-bond acceptors (Lipinski definition) is 2. The van der Waals surface area contributed by atoms with Crippen molar-refractivity contribution in [1.82, 2.24) is 0 Å². The molecule has 0 spiro atoms. The SMILES string of the molecule is O=C(c1c(F)cc(Br)cc1F)C1CCSC1. The maximum Gasteiger partial charge on any atom is 0.172 e. The average Bonchev–Trinajstić information content (AvgIpc) is 2.67. The Morgan fingerprint density at radius 3 is 2.50 bits per heavy atom. The first-order chi connectivity index (χ1) is 7.59. The Balaban J connectivity index is 2.35. The summed E-state index contributed by atoms with van der Waals surface area (Å²) < 4.78 is 27.3. The van der Waals surface area contributed by atoms with E-state index in [0.29, 0.717) is 16.6 Å². The fourth-order valence-electron chi connectivity index (χ4n) is 1.72. The van der Waals surface area contributed by atoms with Gasteiger partial charge in [-0.2, -0.15) is 11.8 Å². The van der Waals surface area contributed by atoms with Gasteiger partial charge in [-0.05, 0) is 24.3 Å². The van der Waals surface area contributed by atoms with Crippen LogP contribution < -0.4 is 0 Å². The number of halogens is 3. The van der Waals surface area contributed by atoms with E-state index in [9.17, 15) is 13.6 Å². The van der Waals surface area contributed by atoms with Crippen LogP contribution in [0.25, 0.3) is 0 Å². The largest absolute Gasteiger partial charge is 0.294 e. The summed E-state index contributed by atoms with van der Waals surface area (Å²) in [6.45, 7) is 0. The van der Waals surface area contributed by atoms with Crippen LogP contribution in [0.5, 0.6) is 0 Å². The van der Waals surface area contributed by atoms with Crippen LogP contribution in [0, 0.1) is 17.6 Å². The first kappa shape index (κ1) is 12.0. The van der Waals surface area contributed by atoms with Crippen molar-refractivity contribution in [2.75, 3.05) is 11.5 Å². The second-order valence-electron chi connectivity index (χ2n) is 3.67. The predicted octanol–water partition coefficient (Wildman–Crippen LogP) is 3.66. The quantitative estimate of drug-likeness (QED) is 0.776. The van der Waals surface area contributed by atoms with Crippen molar-refractivity contribution < 1.29 is 13.6 Å². The third-order valence-corrected chi connectivity index (χ3v) is 4.17. The van der Waals surface area contributed by atoms with Crippen molar-refractivity contribution in [3.05, 3.63) is 33.8 Å². The van der Waals surface area contributed by atoms with E-state index in [-0.39, 0.29) is 5.92 Å². The number of hydrogen-bond donors (Lipinski definition) is 0. The average molecular weight is 307 g/mol. The number of ketones is 1. The molecule has 0 N–H and O–H groups in total. The summed E-state index contributed by atoms with van der Waals surface area (Å²) in [5.74, 6) is -0.672. The molecule has 1 aliphatic heterocycles. The topological polar surface area (TPSA) is 17.1 Å². The second-order valence-corrected chi connectivity index (χ2v) is 5.73. The van der Waals surface area contributed by atoms with E-state index < -0.39 is 23.0 Å². The molecule has 0 amide bonds. The number of rotatable bonds is 2. The van der Waals surface area contributed by atoms with Crippen molar-refractivity contribution in [3.63, 3.8) is 0 Å². The molecule has 1 aromatic carbocycles. The molecule has 0 aliphatic carbocycles. The lowest BCUT2D eigenvalue weighted by Gasteiger charge is -2.09. The molecule has 2 rings (SSSR count). The fraction of sp³-hybridized carbons (Fsp3) is 0.364. The zero-order valence-corrected chi connectivity index (χ0v) is 10.7. The van der Waals surface area contributed by atoms with E-state index in [4.69, 9.17) is 0 Å². The van der Waals surface area contributed by atoms with Crippen molar-refractivity contribution in [2.24, 2.45) is 5.92 Å². The van der Waals surface area contributed by atoms with Gasteiger partial charge in [0.1, 0.15) is 11.6 Å². The highest BCUT2D eigenvalue weighted by atomic mass is 79.9. The minimum absolute atomic E-state index is 0.241. The van der Waals surface area contributed by atoms with Crippen LogP contribution in [0.2, 0.25) is 0 Å². The molecular formula is C11H9BrF2OS. The monoisotopic (exact) mass is 306 g/mol. The number of Topliss-reactive ketones (excluding diaryl/α,β-unsaturated/α-hetero) is 1. The number of thioether (sulfide) groups is 1. The molecule has 1 heterocycles. The fourth-order valence-corrected chi connectivity index (χ4v) is 3.35. The summed E-state index contributed by atoms with van der Waals surface area (Å²) in [5, 5.41) is 0. The van der Waals surface area contributed by atoms with E-state index in [2.05, 4.69) is 15.9 Å². The van der Waals surface area contributed by atoms with Crippen LogP contribution in [0.4, 0.5) is 8.78 Å². The molecule has 1 fully saturated rings. The van der Waals surface area contributed by atoms with Gasteiger partial charge in [0.2, 0.25) is 0 Å². The first-order valence-corrected chi connectivity index (χ1v) is 6.81. The zero-order valence-electron chi connectivity index (χ0n) is 8.30. The van der Waals surface area contributed by atoms with Crippen molar-refractivity contribution in [1.29, 1.82) is 0 Å². The summed E-state index contributed by atoms with van der Waals surface area (Å²) in [6.07, 6.45) is 0.707. The lowest BCUT2D eigenvalue weighted by Crippen LogP contribution is -2.17. The Hall–Kier alpha value is -0.420. The van der Waals surface area contributed by atoms with Gasteiger partial charge in [-0.25, -0.2) is 8.78 Å². The number of carbonyl (C=O) groups is 1. The summed E-state index contributed by atoms with van der Waals surface area (Å²) in [5.41, 5.74) is -0.393. The van der Waals surface area contributed by atoms with Crippen LogP contribution in [0.15, 0.2) is 16.6 Å². The van der Waals surface area contributed by atoms with Crippen molar-refractivity contribution in [3.8, 4) is 0 Å². The van der Waals surface area contributed by atoms with Crippen LogP contribution in [-0.4, -0.2) is 17.3 Å². The number of carbonyl (C=O) groups excluding carboxylic acids is 1. The minimum Gasteiger partial charge on any atom is -0.294 e. The zero-order chi connectivity index (χ0) is 11.7. The highest BCUT2D eigenvalue weighted by Crippen LogP contribution is 2.29. The highest BCUT2D eigenvalue weighted by molar-refractivity contribution is 9.10.